The zero-order chi connectivity index (χ0) is 9.80. The lowest BCUT2D eigenvalue weighted by atomic mass is 10.2. The molecule has 0 bridgehead atoms. The maximum absolute atomic E-state index is 5.36. The summed E-state index contributed by atoms with van der Waals surface area (Å²) in [6.07, 6.45) is 2.51. The van der Waals surface area contributed by atoms with Gasteiger partial charge in [0.15, 0.2) is 0 Å². The van der Waals surface area contributed by atoms with Gasteiger partial charge in [-0.15, -0.1) is 0 Å². The Kier molecular flexibility index (Phi) is 2.81. The quantitative estimate of drug-likeness (QED) is 0.554. The summed E-state index contributed by atoms with van der Waals surface area (Å²) < 4.78 is 5.36. The molecule has 70 valence electrons. The van der Waals surface area contributed by atoms with Gasteiger partial charge in [0.1, 0.15) is 11.8 Å². The molecule has 0 atom stereocenters. The van der Waals surface area contributed by atoms with Crippen LogP contribution in [-0.4, -0.2) is 5.75 Å². The second-order valence-corrected chi connectivity index (χ2v) is 3.37. The summed E-state index contributed by atoms with van der Waals surface area (Å²) in [6.45, 7) is 0. The van der Waals surface area contributed by atoms with Crippen molar-refractivity contribution in [2.75, 3.05) is 5.75 Å². The third-order valence-electron chi connectivity index (χ3n) is 1.94. The van der Waals surface area contributed by atoms with Gasteiger partial charge >= 0.3 is 0 Å². The highest BCUT2D eigenvalue weighted by atomic mass is 32.1. The van der Waals surface area contributed by atoms with Gasteiger partial charge in [0.2, 0.25) is 0 Å². The lowest BCUT2D eigenvalue weighted by molar-refractivity contribution is 0.615. The van der Waals surface area contributed by atoms with Gasteiger partial charge in [-0.1, -0.05) is 24.0 Å². The van der Waals surface area contributed by atoms with E-state index >= 15 is 0 Å². The minimum atomic E-state index is 0.794. The van der Waals surface area contributed by atoms with Crippen molar-refractivity contribution >= 4 is 23.6 Å². The van der Waals surface area contributed by atoms with Gasteiger partial charge in [-0.25, -0.2) is 0 Å². The molecule has 14 heavy (non-hydrogen) atoms. The Labute approximate surface area is 88.5 Å². The number of fused-ring (bicyclic) bond motifs is 1. The predicted octanol–water partition coefficient (Wildman–Crippen LogP) is 3.10. The van der Waals surface area contributed by atoms with E-state index in [9.17, 15) is 0 Å². The average molecular weight is 202 g/mol. The van der Waals surface area contributed by atoms with Gasteiger partial charge in [0.25, 0.3) is 0 Å². The molecule has 0 N–H and O–H groups in total. The molecular formula is C12H10OS. The lowest BCUT2D eigenvalue weighted by Gasteiger charge is -1.85. The maximum Gasteiger partial charge on any atom is 0.135 e. The van der Waals surface area contributed by atoms with Gasteiger partial charge < -0.3 is 4.42 Å². The number of benzene rings is 1. The first-order chi connectivity index (χ1) is 6.92. The first-order valence-electron chi connectivity index (χ1n) is 4.48. The Morgan fingerprint density at radius 1 is 1.29 bits per heavy atom. The van der Waals surface area contributed by atoms with Crippen LogP contribution < -0.4 is 0 Å². The second kappa shape index (κ2) is 4.26. The number of furan rings is 1. The average Bonchev–Trinajstić information content (AvgIpc) is 2.63. The molecule has 1 nitrogen and oxygen atoms in total. The van der Waals surface area contributed by atoms with E-state index in [1.54, 1.807) is 6.26 Å². The smallest absolute Gasteiger partial charge is 0.135 e. The molecule has 0 aliphatic heterocycles. The molecule has 0 amide bonds. The van der Waals surface area contributed by atoms with E-state index in [0.717, 1.165) is 28.7 Å². The van der Waals surface area contributed by atoms with Crippen LogP contribution in [0.1, 0.15) is 12.0 Å². The summed E-state index contributed by atoms with van der Waals surface area (Å²) >= 11 is 4.10. The first-order valence-corrected chi connectivity index (χ1v) is 5.11. The van der Waals surface area contributed by atoms with E-state index in [1.165, 1.54) is 0 Å². The molecule has 1 aromatic carbocycles. The van der Waals surface area contributed by atoms with Gasteiger partial charge in [-0.3, -0.25) is 0 Å². The van der Waals surface area contributed by atoms with Crippen molar-refractivity contribution in [2.24, 2.45) is 0 Å². The van der Waals surface area contributed by atoms with E-state index in [2.05, 4.69) is 24.5 Å². The van der Waals surface area contributed by atoms with Crippen molar-refractivity contribution in [2.45, 2.75) is 6.42 Å². The summed E-state index contributed by atoms with van der Waals surface area (Å²) in [5.74, 6) is 6.91. The summed E-state index contributed by atoms with van der Waals surface area (Å²) in [5.41, 5.74) is 1.85. The molecule has 0 aliphatic carbocycles. The molecule has 2 rings (SSSR count). The summed E-state index contributed by atoms with van der Waals surface area (Å²) in [6, 6.07) is 7.90. The van der Waals surface area contributed by atoms with E-state index in [4.69, 9.17) is 4.42 Å². The highest BCUT2D eigenvalue weighted by Gasteiger charge is 2.00. The molecule has 0 unspecified atom stereocenters. The second-order valence-electron chi connectivity index (χ2n) is 2.92. The number of hydrogen-bond donors (Lipinski definition) is 1. The van der Waals surface area contributed by atoms with Crippen molar-refractivity contribution in [3.05, 3.63) is 36.1 Å². The third-order valence-corrected chi connectivity index (χ3v) is 2.16. The van der Waals surface area contributed by atoms with Crippen molar-refractivity contribution in [3.8, 4) is 11.8 Å². The fourth-order valence-corrected chi connectivity index (χ4v) is 1.40. The fraction of sp³-hybridized carbons (Fsp3) is 0.167. The zero-order valence-corrected chi connectivity index (χ0v) is 8.55. The maximum atomic E-state index is 5.36. The Morgan fingerprint density at radius 2 is 2.14 bits per heavy atom. The van der Waals surface area contributed by atoms with Crippen LogP contribution in [0, 0.1) is 11.8 Å². The molecule has 0 aliphatic rings. The van der Waals surface area contributed by atoms with Crippen LogP contribution >= 0.6 is 12.6 Å². The summed E-state index contributed by atoms with van der Waals surface area (Å²) in [4.78, 5) is 0. The minimum absolute atomic E-state index is 0.794. The Morgan fingerprint density at radius 3 is 3.00 bits per heavy atom. The highest BCUT2D eigenvalue weighted by Crippen LogP contribution is 2.19. The van der Waals surface area contributed by atoms with Crippen LogP contribution in [0.25, 0.3) is 11.0 Å². The molecule has 0 saturated carbocycles. The SMILES string of the molecule is SCCC#Cc1coc2ccccc12. The van der Waals surface area contributed by atoms with Crippen LogP contribution in [0.3, 0.4) is 0 Å². The van der Waals surface area contributed by atoms with Crippen LogP contribution in [-0.2, 0) is 0 Å². The molecule has 0 fully saturated rings. The number of para-hydroxylation sites is 1. The predicted molar refractivity (Wildman–Crippen MR) is 61.6 cm³/mol. The first kappa shape index (κ1) is 9.23. The Bertz CT molecular complexity index is 487. The molecule has 1 aromatic heterocycles. The Hall–Kier alpha value is -1.33. The molecule has 2 heteroatoms. The standard InChI is InChI=1S/C12H10OS/c14-8-4-3-5-10-9-13-12-7-2-1-6-11(10)12/h1-2,6-7,9,14H,4,8H2. The third kappa shape index (κ3) is 1.78. The van der Waals surface area contributed by atoms with Crippen LogP contribution in [0.5, 0.6) is 0 Å². The highest BCUT2D eigenvalue weighted by molar-refractivity contribution is 7.80. The molecule has 0 spiro atoms. The lowest BCUT2D eigenvalue weighted by Crippen LogP contribution is -1.71. The monoisotopic (exact) mass is 202 g/mol. The van der Waals surface area contributed by atoms with Crippen LogP contribution in [0.15, 0.2) is 34.9 Å². The molecule has 2 aromatic rings. The van der Waals surface area contributed by atoms with Gasteiger partial charge in [0, 0.05) is 17.6 Å². The van der Waals surface area contributed by atoms with Crippen molar-refractivity contribution in [1.29, 1.82) is 0 Å². The molecule has 0 saturated heterocycles. The summed E-state index contributed by atoms with van der Waals surface area (Å²) in [7, 11) is 0. The van der Waals surface area contributed by atoms with Crippen LogP contribution in [0.2, 0.25) is 0 Å². The number of rotatable bonds is 1. The Balaban J connectivity index is 2.40. The fourth-order valence-electron chi connectivity index (χ4n) is 1.29. The molecular weight excluding hydrogens is 192 g/mol. The van der Waals surface area contributed by atoms with Crippen LogP contribution in [0.4, 0.5) is 0 Å². The van der Waals surface area contributed by atoms with Gasteiger partial charge in [-0.05, 0) is 12.1 Å². The topological polar surface area (TPSA) is 13.1 Å². The normalized spacial score (nSPS) is 9.79. The summed E-state index contributed by atoms with van der Waals surface area (Å²) in [5, 5.41) is 1.08. The van der Waals surface area contributed by atoms with E-state index < -0.39 is 0 Å². The van der Waals surface area contributed by atoms with E-state index in [1.807, 2.05) is 24.3 Å². The number of thiol groups is 1. The van der Waals surface area contributed by atoms with Gasteiger partial charge in [0.05, 0.1) is 5.56 Å². The number of hydrogen-bond acceptors (Lipinski definition) is 2. The molecule has 1 heterocycles. The van der Waals surface area contributed by atoms with E-state index in [0.29, 0.717) is 0 Å². The van der Waals surface area contributed by atoms with Crippen molar-refractivity contribution < 1.29 is 4.42 Å². The van der Waals surface area contributed by atoms with E-state index in [-0.39, 0.29) is 0 Å². The van der Waals surface area contributed by atoms with Crippen molar-refractivity contribution in [1.82, 2.24) is 0 Å². The van der Waals surface area contributed by atoms with Gasteiger partial charge in [-0.2, -0.15) is 12.6 Å². The minimum Gasteiger partial charge on any atom is -0.463 e. The zero-order valence-electron chi connectivity index (χ0n) is 7.66. The largest absolute Gasteiger partial charge is 0.463 e. The molecule has 0 radical (unpaired) electrons. The van der Waals surface area contributed by atoms with Crippen molar-refractivity contribution in [3.63, 3.8) is 0 Å².